The van der Waals surface area contributed by atoms with Gasteiger partial charge in [0.1, 0.15) is 5.78 Å². The van der Waals surface area contributed by atoms with Crippen LogP contribution in [0.15, 0.2) is 18.2 Å². The van der Waals surface area contributed by atoms with Gasteiger partial charge in [-0.2, -0.15) is 0 Å². The molecule has 0 aliphatic carbocycles. The summed E-state index contributed by atoms with van der Waals surface area (Å²) in [6.07, 6.45) is 0.577. The Kier molecular flexibility index (Phi) is 3.89. The maximum Gasteiger partial charge on any atom is 0.131 e. The van der Waals surface area contributed by atoms with Gasteiger partial charge >= 0.3 is 0 Å². The van der Waals surface area contributed by atoms with Crippen molar-refractivity contribution in [1.82, 2.24) is 0 Å². The Balaban J connectivity index is 2.76. The van der Waals surface area contributed by atoms with Crippen LogP contribution in [0.25, 0.3) is 0 Å². The lowest BCUT2D eigenvalue weighted by atomic mass is 10.1. The van der Waals surface area contributed by atoms with Crippen molar-refractivity contribution in [2.45, 2.75) is 40.2 Å². The summed E-state index contributed by atoms with van der Waals surface area (Å²) in [7, 11) is 0. The second kappa shape index (κ2) is 4.96. The number of Topliss-reactive ketones (excluding diaryl/α,β-unsaturated/α-hetero) is 1. The molecule has 0 saturated carbocycles. The number of para-hydroxylation sites is 1. The van der Waals surface area contributed by atoms with Crippen LogP contribution in [-0.4, -0.2) is 11.8 Å². The van der Waals surface area contributed by atoms with Crippen LogP contribution in [0, 0.1) is 13.8 Å². The molecular formula is C13H19NO. The van der Waals surface area contributed by atoms with Crippen LogP contribution in [0.5, 0.6) is 0 Å². The smallest absolute Gasteiger partial charge is 0.131 e. The Labute approximate surface area is 91.7 Å². The SMILES string of the molecule is CC(=O)CC(C)Nc1c(C)cccc1C. The van der Waals surface area contributed by atoms with Gasteiger partial charge in [-0.3, -0.25) is 4.79 Å². The average Bonchev–Trinajstić information content (AvgIpc) is 2.10. The minimum atomic E-state index is 0.197. The number of aryl methyl sites for hydroxylation is 2. The fourth-order valence-corrected chi connectivity index (χ4v) is 1.77. The Morgan fingerprint density at radius 1 is 1.33 bits per heavy atom. The topological polar surface area (TPSA) is 29.1 Å². The summed E-state index contributed by atoms with van der Waals surface area (Å²) in [5.74, 6) is 0.223. The molecule has 0 radical (unpaired) electrons. The minimum absolute atomic E-state index is 0.197. The molecule has 0 aliphatic heterocycles. The van der Waals surface area contributed by atoms with Gasteiger partial charge in [0.25, 0.3) is 0 Å². The predicted octanol–water partition coefficient (Wildman–Crippen LogP) is 3.08. The number of carbonyl (C=O) groups is 1. The minimum Gasteiger partial charge on any atom is -0.382 e. The molecule has 0 aliphatic rings. The zero-order valence-corrected chi connectivity index (χ0v) is 9.92. The van der Waals surface area contributed by atoms with Crippen LogP contribution in [-0.2, 0) is 4.79 Å². The third-order valence-electron chi connectivity index (χ3n) is 2.47. The van der Waals surface area contributed by atoms with Crippen LogP contribution >= 0.6 is 0 Å². The fraction of sp³-hybridized carbons (Fsp3) is 0.462. The molecule has 1 unspecified atom stereocenters. The molecule has 2 nitrogen and oxygen atoms in total. The highest BCUT2D eigenvalue weighted by molar-refractivity contribution is 5.76. The maximum absolute atomic E-state index is 11.0. The van der Waals surface area contributed by atoms with E-state index in [-0.39, 0.29) is 11.8 Å². The molecule has 0 amide bonds. The van der Waals surface area contributed by atoms with E-state index in [2.05, 4.69) is 31.3 Å². The lowest BCUT2D eigenvalue weighted by molar-refractivity contribution is -0.117. The number of hydrogen-bond acceptors (Lipinski definition) is 2. The number of nitrogens with one attached hydrogen (secondary N) is 1. The van der Waals surface area contributed by atoms with E-state index in [9.17, 15) is 4.79 Å². The summed E-state index contributed by atoms with van der Waals surface area (Å²) in [4.78, 5) is 11.0. The van der Waals surface area contributed by atoms with Crippen molar-refractivity contribution in [1.29, 1.82) is 0 Å². The first-order valence-corrected chi connectivity index (χ1v) is 5.33. The number of carbonyl (C=O) groups excluding carboxylic acids is 1. The highest BCUT2D eigenvalue weighted by Crippen LogP contribution is 2.20. The summed E-state index contributed by atoms with van der Waals surface area (Å²) in [5, 5.41) is 3.39. The number of benzene rings is 1. The molecule has 15 heavy (non-hydrogen) atoms. The van der Waals surface area contributed by atoms with E-state index in [0.717, 1.165) is 5.69 Å². The van der Waals surface area contributed by atoms with Gasteiger partial charge in [0.15, 0.2) is 0 Å². The first kappa shape index (κ1) is 11.8. The molecule has 1 rings (SSSR count). The van der Waals surface area contributed by atoms with E-state index in [1.54, 1.807) is 6.92 Å². The zero-order chi connectivity index (χ0) is 11.4. The van der Waals surface area contributed by atoms with Gasteiger partial charge in [0, 0.05) is 18.2 Å². The van der Waals surface area contributed by atoms with Gasteiger partial charge < -0.3 is 5.32 Å². The van der Waals surface area contributed by atoms with Gasteiger partial charge in [-0.1, -0.05) is 18.2 Å². The van der Waals surface area contributed by atoms with Crippen molar-refractivity contribution in [3.63, 3.8) is 0 Å². The average molecular weight is 205 g/mol. The largest absolute Gasteiger partial charge is 0.382 e. The Morgan fingerprint density at radius 2 is 1.87 bits per heavy atom. The molecule has 0 aromatic heterocycles. The van der Waals surface area contributed by atoms with E-state index >= 15 is 0 Å². The summed E-state index contributed by atoms with van der Waals surface area (Å²) < 4.78 is 0. The van der Waals surface area contributed by atoms with Crippen LogP contribution in [0.4, 0.5) is 5.69 Å². The van der Waals surface area contributed by atoms with Crippen molar-refractivity contribution in [2.24, 2.45) is 0 Å². The standard InChI is InChI=1S/C13H19NO/c1-9-6-5-7-10(2)13(9)14-11(3)8-12(4)15/h5-7,11,14H,8H2,1-4H3. The van der Waals surface area contributed by atoms with E-state index in [1.165, 1.54) is 11.1 Å². The second-order valence-corrected chi connectivity index (χ2v) is 4.22. The van der Waals surface area contributed by atoms with Crippen LogP contribution in [0.2, 0.25) is 0 Å². The van der Waals surface area contributed by atoms with Gasteiger partial charge in [-0.05, 0) is 38.8 Å². The van der Waals surface area contributed by atoms with Gasteiger partial charge in [0.05, 0.1) is 0 Å². The highest BCUT2D eigenvalue weighted by Gasteiger charge is 2.08. The second-order valence-electron chi connectivity index (χ2n) is 4.22. The molecule has 0 spiro atoms. The van der Waals surface area contributed by atoms with Crippen molar-refractivity contribution in [2.75, 3.05) is 5.32 Å². The summed E-state index contributed by atoms with van der Waals surface area (Å²) in [6, 6.07) is 6.40. The Bertz CT molecular complexity index is 337. The number of rotatable bonds is 4. The fourth-order valence-electron chi connectivity index (χ4n) is 1.77. The van der Waals surface area contributed by atoms with E-state index in [1.807, 2.05) is 13.0 Å². The van der Waals surface area contributed by atoms with Crippen molar-refractivity contribution in [3.05, 3.63) is 29.3 Å². The molecule has 0 fully saturated rings. The molecule has 0 saturated heterocycles. The predicted molar refractivity (Wildman–Crippen MR) is 64.3 cm³/mol. The van der Waals surface area contributed by atoms with Gasteiger partial charge in [-0.25, -0.2) is 0 Å². The van der Waals surface area contributed by atoms with Crippen molar-refractivity contribution in [3.8, 4) is 0 Å². The van der Waals surface area contributed by atoms with E-state index < -0.39 is 0 Å². The zero-order valence-electron chi connectivity index (χ0n) is 9.92. The third-order valence-corrected chi connectivity index (χ3v) is 2.47. The monoisotopic (exact) mass is 205 g/mol. The van der Waals surface area contributed by atoms with Crippen molar-refractivity contribution < 1.29 is 4.79 Å². The van der Waals surface area contributed by atoms with Gasteiger partial charge in [0.2, 0.25) is 0 Å². The highest BCUT2D eigenvalue weighted by atomic mass is 16.1. The third kappa shape index (κ3) is 3.39. The van der Waals surface area contributed by atoms with E-state index in [0.29, 0.717) is 6.42 Å². The maximum atomic E-state index is 11.0. The summed E-state index contributed by atoms with van der Waals surface area (Å²) in [5.41, 5.74) is 3.61. The van der Waals surface area contributed by atoms with Crippen LogP contribution in [0.3, 0.4) is 0 Å². The number of hydrogen-bond donors (Lipinski definition) is 1. The first-order valence-electron chi connectivity index (χ1n) is 5.33. The van der Waals surface area contributed by atoms with Crippen molar-refractivity contribution >= 4 is 11.5 Å². The molecule has 1 aromatic rings. The quantitative estimate of drug-likeness (QED) is 0.818. The molecule has 1 aromatic carbocycles. The molecule has 82 valence electrons. The van der Waals surface area contributed by atoms with E-state index in [4.69, 9.17) is 0 Å². The van der Waals surface area contributed by atoms with Gasteiger partial charge in [-0.15, -0.1) is 0 Å². The molecular weight excluding hydrogens is 186 g/mol. The van der Waals surface area contributed by atoms with Crippen LogP contribution in [0.1, 0.15) is 31.4 Å². The lowest BCUT2D eigenvalue weighted by Crippen LogP contribution is -2.19. The lowest BCUT2D eigenvalue weighted by Gasteiger charge is -2.17. The summed E-state index contributed by atoms with van der Waals surface area (Å²) >= 11 is 0. The molecule has 1 atom stereocenters. The molecule has 0 bridgehead atoms. The molecule has 0 heterocycles. The summed E-state index contributed by atoms with van der Waals surface area (Å²) in [6.45, 7) is 7.82. The molecule has 1 N–H and O–H groups in total. The number of ketones is 1. The Morgan fingerprint density at radius 3 is 2.33 bits per heavy atom. The Hall–Kier alpha value is -1.31. The normalized spacial score (nSPS) is 12.3. The van der Waals surface area contributed by atoms with Crippen LogP contribution < -0.4 is 5.32 Å². The number of anilines is 1. The molecule has 2 heteroatoms. The first-order chi connectivity index (χ1) is 7.00.